The summed E-state index contributed by atoms with van der Waals surface area (Å²) in [7, 11) is 0. The Morgan fingerprint density at radius 1 is 0.947 bits per heavy atom. The zero-order chi connectivity index (χ0) is 15.1. The predicted molar refractivity (Wildman–Crippen MR) is 89.5 cm³/mol. The van der Waals surface area contributed by atoms with Gasteiger partial charge in [-0.1, -0.05) is 54.5 Å². The summed E-state index contributed by atoms with van der Waals surface area (Å²) in [5.74, 6) is 1.32. The van der Waals surface area contributed by atoms with Crippen molar-refractivity contribution in [1.82, 2.24) is 10.6 Å². The van der Waals surface area contributed by atoms with E-state index in [-0.39, 0.29) is 0 Å². The maximum absolute atomic E-state index is 4.03. The largest absolute Gasteiger partial charge is 0.388 e. The van der Waals surface area contributed by atoms with Gasteiger partial charge in [0.15, 0.2) is 0 Å². The highest BCUT2D eigenvalue weighted by Crippen LogP contribution is 2.12. The van der Waals surface area contributed by atoms with Gasteiger partial charge in [-0.25, -0.2) is 0 Å². The van der Waals surface area contributed by atoms with E-state index in [1.54, 1.807) is 0 Å². The monoisotopic (exact) mass is 270 g/mol. The molecule has 1 atom stereocenters. The van der Waals surface area contributed by atoms with Crippen molar-refractivity contribution in [2.45, 2.75) is 67.2 Å². The van der Waals surface area contributed by atoms with Gasteiger partial charge in [0.05, 0.1) is 0 Å². The molecule has 0 heterocycles. The lowest BCUT2D eigenvalue weighted by Gasteiger charge is -2.17. The molecular weight excluding hydrogens is 232 g/mol. The van der Waals surface area contributed by atoms with Crippen LogP contribution in [0.3, 0.4) is 0 Å². The zero-order valence-electron chi connectivity index (χ0n) is 14.3. The van der Waals surface area contributed by atoms with Gasteiger partial charge in [0.1, 0.15) is 0 Å². The Morgan fingerprint density at radius 3 is 1.84 bits per heavy atom. The van der Waals surface area contributed by atoms with E-state index < -0.39 is 0 Å². The second-order valence-corrected chi connectivity index (χ2v) is 5.74. The molecule has 0 aliphatic heterocycles. The summed E-state index contributed by atoms with van der Waals surface area (Å²) in [5.41, 5.74) is 1.20. The van der Waals surface area contributed by atoms with Gasteiger partial charge in [-0.3, -0.25) is 0 Å². The van der Waals surface area contributed by atoms with Gasteiger partial charge in [0, 0.05) is 12.2 Å². The fourth-order valence-corrected chi connectivity index (χ4v) is 1.60. The van der Waals surface area contributed by atoms with Crippen molar-refractivity contribution < 1.29 is 0 Å². The Kier molecular flexibility index (Phi) is 17.0. The predicted octanol–water partition coefficient (Wildman–Crippen LogP) is 4.58. The number of rotatable bonds is 10. The summed E-state index contributed by atoms with van der Waals surface area (Å²) >= 11 is 0. The number of hydrogen-bond donors (Lipinski definition) is 2. The minimum atomic E-state index is 0.619. The highest BCUT2D eigenvalue weighted by molar-refractivity contribution is 4.95. The number of allylic oxidation sites excluding steroid dienone is 1. The molecule has 2 nitrogen and oxygen atoms in total. The average molecular weight is 271 g/mol. The molecule has 0 amide bonds. The van der Waals surface area contributed by atoms with E-state index in [0.29, 0.717) is 11.8 Å². The van der Waals surface area contributed by atoms with Gasteiger partial charge in [-0.05, 0) is 44.2 Å². The molecule has 0 bridgehead atoms. The van der Waals surface area contributed by atoms with Gasteiger partial charge in [0.25, 0.3) is 0 Å². The van der Waals surface area contributed by atoms with Crippen molar-refractivity contribution in [2.75, 3.05) is 19.6 Å². The standard InChI is InChI=1S/C11H23N.C6H15N/c1-6-7-10(4)11(5)12-8-9(2)3;1-3-5-7-6-4-2/h9-10,12H,5-8H2,1-4H3;7H,3-6H2,1-2H3. The van der Waals surface area contributed by atoms with Crippen molar-refractivity contribution in [3.8, 4) is 0 Å². The zero-order valence-corrected chi connectivity index (χ0v) is 14.3. The van der Waals surface area contributed by atoms with Crippen LogP contribution in [0.15, 0.2) is 12.3 Å². The molecule has 1 unspecified atom stereocenters. The van der Waals surface area contributed by atoms with Crippen LogP contribution in [-0.4, -0.2) is 19.6 Å². The van der Waals surface area contributed by atoms with E-state index in [4.69, 9.17) is 0 Å². The van der Waals surface area contributed by atoms with Gasteiger partial charge in [0.2, 0.25) is 0 Å². The fourth-order valence-electron chi connectivity index (χ4n) is 1.60. The third kappa shape index (κ3) is 17.5. The Bertz CT molecular complexity index is 184. The Hall–Kier alpha value is -0.500. The maximum Gasteiger partial charge on any atom is 0.0166 e. The molecule has 116 valence electrons. The first-order chi connectivity index (χ1) is 8.99. The lowest BCUT2D eigenvalue weighted by Crippen LogP contribution is -2.22. The third-order valence-corrected chi connectivity index (χ3v) is 2.91. The van der Waals surface area contributed by atoms with Crippen LogP contribution in [0.1, 0.15) is 67.2 Å². The van der Waals surface area contributed by atoms with Crippen molar-refractivity contribution in [3.05, 3.63) is 12.3 Å². The molecule has 2 heteroatoms. The molecule has 0 rings (SSSR count). The second-order valence-electron chi connectivity index (χ2n) is 5.74. The van der Waals surface area contributed by atoms with Gasteiger partial charge < -0.3 is 10.6 Å². The first kappa shape index (κ1) is 20.8. The third-order valence-electron chi connectivity index (χ3n) is 2.91. The second kappa shape index (κ2) is 15.6. The topological polar surface area (TPSA) is 24.1 Å². The summed E-state index contributed by atoms with van der Waals surface area (Å²) < 4.78 is 0. The summed E-state index contributed by atoms with van der Waals surface area (Å²) in [6.45, 7) is 20.7. The van der Waals surface area contributed by atoms with Crippen LogP contribution in [0.4, 0.5) is 0 Å². The van der Waals surface area contributed by atoms with Crippen molar-refractivity contribution in [2.24, 2.45) is 11.8 Å². The molecule has 0 spiro atoms. The van der Waals surface area contributed by atoms with E-state index >= 15 is 0 Å². The molecule has 0 aliphatic rings. The summed E-state index contributed by atoms with van der Waals surface area (Å²) in [6, 6.07) is 0. The average Bonchev–Trinajstić information content (AvgIpc) is 2.37. The first-order valence-electron chi connectivity index (χ1n) is 8.12. The van der Waals surface area contributed by atoms with Crippen LogP contribution >= 0.6 is 0 Å². The van der Waals surface area contributed by atoms with Crippen LogP contribution in [0.2, 0.25) is 0 Å². The Morgan fingerprint density at radius 2 is 1.47 bits per heavy atom. The Labute approximate surface area is 122 Å². The summed E-state index contributed by atoms with van der Waals surface area (Å²) in [6.07, 6.45) is 4.98. The van der Waals surface area contributed by atoms with E-state index in [9.17, 15) is 0 Å². The number of hydrogen-bond acceptors (Lipinski definition) is 2. The SMILES string of the molecule is C=C(NCC(C)C)C(C)CCC.CCCNCCC. The smallest absolute Gasteiger partial charge is 0.0166 e. The molecule has 0 saturated heterocycles. The van der Waals surface area contributed by atoms with Crippen LogP contribution in [0.25, 0.3) is 0 Å². The van der Waals surface area contributed by atoms with E-state index in [1.165, 1.54) is 44.5 Å². The minimum Gasteiger partial charge on any atom is -0.388 e. The summed E-state index contributed by atoms with van der Waals surface area (Å²) in [5, 5.41) is 6.66. The van der Waals surface area contributed by atoms with Crippen LogP contribution < -0.4 is 10.6 Å². The van der Waals surface area contributed by atoms with E-state index in [2.05, 4.69) is 58.8 Å². The van der Waals surface area contributed by atoms with Crippen LogP contribution in [0.5, 0.6) is 0 Å². The number of nitrogens with one attached hydrogen (secondary N) is 2. The van der Waals surface area contributed by atoms with Crippen molar-refractivity contribution in [3.63, 3.8) is 0 Å². The molecule has 0 radical (unpaired) electrons. The lowest BCUT2D eigenvalue weighted by molar-refractivity contribution is 0.518. The molecule has 19 heavy (non-hydrogen) atoms. The summed E-state index contributed by atoms with van der Waals surface area (Å²) in [4.78, 5) is 0. The van der Waals surface area contributed by atoms with Crippen LogP contribution in [0, 0.1) is 11.8 Å². The molecule has 0 aromatic rings. The first-order valence-corrected chi connectivity index (χ1v) is 8.12. The molecular formula is C17H38N2. The molecule has 0 saturated carbocycles. The van der Waals surface area contributed by atoms with E-state index in [1.807, 2.05) is 0 Å². The van der Waals surface area contributed by atoms with Crippen LogP contribution in [-0.2, 0) is 0 Å². The Balaban J connectivity index is 0. The van der Waals surface area contributed by atoms with Gasteiger partial charge in [-0.15, -0.1) is 0 Å². The molecule has 0 fully saturated rings. The normalized spacial score (nSPS) is 11.7. The quantitative estimate of drug-likeness (QED) is 0.568. The van der Waals surface area contributed by atoms with Crippen molar-refractivity contribution in [1.29, 1.82) is 0 Å². The molecule has 0 aromatic carbocycles. The highest BCUT2D eigenvalue weighted by atomic mass is 14.9. The molecule has 0 aromatic heterocycles. The fraction of sp³-hybridized carbons (Fsp3) is 0.882. The van der Waals surface area contributed by atoms with E-state index in [0.717, 1.165) is 6.54 Å². The van der Waals surface area contributed by atoms with Crippen molar-refractivity contribution >= 4 is 0 Å². The minimum absolute atomic E-state index is 0.619. The van der Waals surface area contributed by atoms with Gasteiger partial charge in [-0.2, -0.15) is 0 Å². The highest BCUT2D eigenvalue weighted by Gasteiger charge is 2.04. The molecule has 2 N–H and O–H groups in total. The van der Waals surface area contributed by atoms with Gasteiger partial charge >= 0.3 is 0 Å². The molecule has 0 aliphatic carbocycles. The maximum atomic E-state index is 4.03. The lowest BCUT2D eigenvalue weighted by atomic mass is 10.0.